The summed E-state index contributed by atoms with van der Waals surface area (Å²) in [7, 11) is 0. The molecule has 5 nitrogen and oxygen atoms in total. The molecule has 3 N–H and O–H groups in total. The van der Waals surface area contributed by atoms with Crippen molar-refractivity contribution in [3.05, 3.63) is 23.8 Å². The predicted molar refractivity (Wildman–Crippen MR) is 93.7 cm³/mol. The Labute approximate surface area is 144 Å². The first-order chi connectivity index (χ1) is 11.4. The first kappa shape index (κ1) is 17.8. The highest BCUT2D eigenvalue weighted by molar-refractivity contribution is 5.11. The number of nitrogens with one attached hydrogen (secondary N) is 1. The second kappa shape index (κ2) is 7.06. The molecule has 1 heterocycles. The van der Waals surface area contributed by atoms with E-state index in [4.69, 9.17) is 4.98 Å². The van der Waals surface area contributed by atoms with Crippen LogP contribution in [0.3, 0.4) is 0 Å². The molecular weight excluding hydrogens is 302 g/mol. The summed E-state index contributed by atoms with van der Waals surface area (Å²) in [6, 6.07) is 2.81. The zero-order valence-electron chi connectivity index (χ0n) is 15.1. The lowest BCUT2D eigenvalue weighted by Crippen LogP contribution is -2.45. The number of nitrogens with zero attached hydrogens (tertiary/aromatic N) is 2. The van der Waals surface area contributed by atoms with Crippen LogP contribution in [0.4, 0.5) is 0 Å². The Kier molecular flexibility index (Phi) is 5.23. The van der Waals surface area contributed by atoms with Gasteiger partial charge in [0.05, 0.1) is 6.10 Å². The summed E-state index contributed by atoms with van der Waals surface area (Å²) in [5, 5.41) is 23.8. The third kappa shape index (κ3) is 3.79. The van der Waals surface area contributed by atoms with E-state index in [1.54, 1.807) is 0 Å². The van der Waals surface area contributed by atoms with Crippen LogP contribution in [0.5, 0.6) is 0 Å². The molecule has 4 atom stereocenters. The fraction of sp³-hybridized carbons (Fsp3) is 0.789. The van der Waals surface area contributed by atoms with Crippen LogP contribution in [-0.2, 0) is 11.8 Å². The van der Waals surface area contributed by atoms with Crippen LogP contribution in [0.2, 0.25) is 0 Å². The van der Waals surface area contributed by atoms with Crippen molar-refractivity contribution < 1.29 is 10.2 Å². The molecular formula is C19H31N3O2. The van der Waals surface area contributed by atoms with Gasteiger partial charge in [-0.25, -0.2) is 9.97 Å². The van der Waals surface area contributed by atoms with E-state index >= 15 is 0 Å². The summed E-state index contributed by atoms with van der Waals surface area (Å²) < 4.78 is 0. The van der Waals surface area contributed by atoms with Crippen LogP contribution in [-0.4, -0.2) is 45.0 Å². The van der Waals surface area contributed by atoms with Gasteiger partial charge in [-0.2, -0.15) is 0 Å². The van der Waals surface area contributed by atoms with E-state index < -0.39 is 6.10 Å². The molecule has 0 spiro atoms. The van der Waals surface area contributed by atoms with Gasteiger partial charge in [0.25, 0.3) is 0 Å². The summed E-state index contributed by atoms with van der Waals surface area (Å²) in [4.78, 5) is 9.15. The minimum atomic E-state index is -0.429. The van der Waals surface area contributed by atoms with Crippen molar-refractivity contribution in [3.63, 3.8) is 0 Å². The first-order valence-corrected chi connectivity index (χ1v) is 9.26. The topological polar surface area (TPSA) is 78.3 Å². The third-order valence-electron chi connectivity index (χ3n) is 5.65. The zero-order valence-corrected chi connectivity index (χ0v) is 15.1. The van der Waals surface area contributed by atoms with Gasteiger partial charge in [0.2, 0.25) is 0 Å². The summed E-state index contributed by atoms with van der Waals surface area (Å²) in [6.45, 7) is 6.38. The molecule has 0 bridgehead atoms. The molecule has 2 saturated carbocycles. The van der Waals surface area contributed by atoms with E-state index in [0.717, 1.165) is 24.4 Å². The van der Waals surface area contributed by atoms with Gasteiger partial charge in [0.1, 0.15) is 5.82 Å². The Hall–Kier alpha value is -1.04. The maximum atomic E-state index is 10.4. The van der Waals surface area contributed by atoms with Gasteiger partial charge < -0.3 is 15.5 Å². The highest BCUT2D eigenvalue weighted by atomic mass is 16.3. The molecule has 2 fully saturated rings. The standard InChI is InChI=1S/C19H31N3O2/c1-19(2,3)18-20-8-7-13(22-18)9-14-15(11-23)17(24)10-16(14)21-12-5-4-6-12/h7-8,12,14-17,21,23-24H,4-6,9-11H2,1-3H3. The van der Waals surface area contributed by atoms with Gasteiger partial charge in [-0.3, -0.25) is 0 Å². The molecule has 3 rings (SSSR count). The first-order valence-electron chi connectivity index (χ1n) is 9.26. The molecule has 24 heavy (non-hydrogen) atoms. The molecule has 0 aliphatic heterocycles. The predicted octanol–water partition coefficient (Wildman–Crippen LogP) is 1.82. The number of aromatic nitrogens is 2. The summed E-state index contributed by atoms with van der Waals surface area (Å²) in [6.07, 6.45) is 6.65. The third-order valence-corrected chi connectivity index (χ3v) is 5.65. The zero-order chi connectivity index (χ0) is 17.3. The highest BCUT2D eigenvalue weighted by Crippen LogP contribution is 2.36. The molecule has 134 valence electrons. The molecule has 0 radical (unpaired) electrons. The number of aliphatic hydroxyl groups is 2. The van der Waals surface area contributed by atoms with Crippen LogP contribution in [0, 0.1) is 11.8 Å². The van der Waals surface area contributed by atoms with Crippen LogP contribution in [0.25, 0.3) is 0 Å². The average molecular weight is 333 g/mol. The lowest BCUT2D eigenvalue weighted by Gasteiger charge is -2.33. The Bertz CT molecular complexity index is 554. The number of hydrogen-bond donors (Lipinski definition) is 3. The molecule has 0 aromatic carbocycles. The van der Waals surface area contributed by atoms with Crippen LogP contribution >= 0.6 is 0 Å². The monoisotopic (exact) mass is 333 g/mol. The van der Waals surface area contributed by atoms with Crippen molar-refractivity contribution in [2.24, 2.45) is 11.8 Å². The Morgan fingerprint density at radius 1 is 1.25 bits per heavy atom. The molecule has 1 aromatic rings. The minimum absolute atomic E-state index is 0.0336. The van der Waals surface area contributed by atoms with E-state index in [0.29, 0.717) is 6.04 Å². The molecule has 0 saturated heterocycles. The number of aliphatic hydroxyl groups excluding tert-OH is 2. The highest BCUT2D eigenvalue weighted by Gasteiger charge is 2.43. The van der Waals surface area contributed by atoms with E-state index in [2.05, 4.69) is 31.1 Å². The number of rotatable bonds is 5. The Balaban J connectivity index is 1.76. The van der Waals surface area contributed by atoms with Crippen LogP contribution in [0.15, 0.2) is 12.3 Å². The minimum Gasteiger partial charge on any atom is -0.396 e. The van der Waals surface area contributed by atoms with Crippen LogP contribution < -0.4 is 5.32 Å². The molecule has 2 aliphatic carbocycles. The van der Waals surface area contributed by atoms with Gasteiger partial charge >= 0.3 is 0 Å². The van der Waals surface area contributed by atoms with Gasteiger partial charge in [-0.1, -0.05) is 27.2 Å². The van der Waals surface area contributed by atoms with Gasteiger partial charge in [0.15, 0.2) is 0 Å². The Morgan fingerprint density at radius 3 is 2.58 bits per heavy atom. The lowest BCUT2D eigenvalue weighted by molar-refractivity contribution is 0.0714. The SMILES string of the molecule is CC(C)(C)c1nccc(CC2C(NC3CCC3)CC(O)C2CO)n1. The van der Waals surface area contributed by atoms with E-state index in [-0.39, 0.29) is 29.9 Å². The number of hydrogen-bond acceptors (Lipinski definition) is 5. The van der Waals surface area contributed by atoms with E-state index in [1.807, 2.05) is 12.3 Å². The van der Waals surface area contributed by atoms with Gasteiger partial charge in [0, 0.05) is 41.9 Å². The summed E-state index contributed by atoms with van der Waals surface area (Å²) >= 11 is 0. The quantitative estimate of drug-likeness (QED) is 0.766. The second-order valence-corrected chi connectivity index (χ2v) is 8.54. The second-order valence-electron chi connectivity index (χ2n) is 8.54. The smallest absolute Gasteiger partial charge is 0.133 e. The van der Waals surface area contributed by atoms with Crippen molar-refractivity contribution in [2.75, 3.05) is 6.61 Å². The van der Waals surface area contributed by atoms with E-state index in [9.17, 15) is 10.2 Å². The molecule has 4 unspecified atom stereocenters. The summed E-state index contributed by atoms with van der Waals surface area (Å²) in [5.74, 6) is 0.992. The molecule has 1 aromatic heterocycles. The fourth-order valence-electron chi connectivity index (χ4n) is 3.93. The molecule has 2 aliphatic rings. The largest absolute Gasteiger partial charge is 0.396 e. The molecule has 0 amide bonds. The maximum Gasteiger partial charge on any atom is 0.133 e. The van der Waals surface area contributed by atoms with Gasteiger partial charge in [-0.15, -0.1) is 0 Å². The van der Waals surface area contributed by atoms with Crippen LogP contribution in [0.1, 0.15) is 58.0 Å². The summed E-state index contributed by atoms with van der Waals surface area (Å²) in [5.41, 5.74) is 0.929. The van der Waals surface area contributed by atoms with Crippen molar-refractivity contribution in [2.45, 2.75) is 76.5 Å². The Morgan fingerprint density at radius 2 is 2.00 bits per heavy atom. The van der Waals surface area contributed by atoms with Crippen molar-refractivity contribution in [1.82, 2.24) is 15.3 Å². The van der Waals surface area contributed by atoms with E-state index in [1.165, 1.54) is 19.3 Å². The van der Waals surface area contributed by atoms with Crippen molar-refractivity contribution in [3.8, 4) is 0 Å². The van der Waals surface area contributed by atoms with Gasteiger partial charge in [-0.05, 0) is 37.7 Å². The maximum absolute atomic E-state index is 10.4. The lowest BCUT2D eigenvalue weighted by atomic mass is 9.86. The molecule has 5 heteroatoms. The average Bonchev–Trinajstić information content (AvgIpc) is 2.77. The normalized spacial score (nSPS) is 31.2. The van der Waals surface area contributed by atoms with Crippen molar-refractivity contribution in [1.29, 1.82) is 0 Å². The van der Waals surface area contributed by atoms with Crippen molar-refractivity contribution >= 4 is 0 Å². The fourth-order valence-corrected chi connectivity index (χ4v) is 3.93.